The van der Waals surface area contributed by atoms with Gasteiger partial charge in [0.1, 0.15) is 0 Å². The van der Waals surface area contributed by atoms with Crippen LogP contribution in [0.2, 0.25) is 0 Å². The zero-order valence-electron chi connectivity index (χ0n) is 7.31. The van der Waals surface area contributed by atoms with Crippen molar-refractivity contribution in [3.05, 3.63) is 0 Å². The molecule has 1 fully saturated rings. The van der Waals surface area contributed by atoms with Crippen LogP contribution in [0.5, 0.6) is 0 Å². The van der Waals surface area contributed by atoms with Crippen LogP contribution in [-0.4, -0.2) is 11.7 Å². The van der Waals surface area contributed by atoms with E-state index in [2.05, 4.69) is 20.8 Å². The minimum absolute atomic E-state index is 0.259. The molecule has 0 aliphatic carbocycles. The van der Waals surface area contributed by atoms with Gasteiger partial charge in [0.05, 0.1) is 11.7 Å². The monoisotopic (exact) mass is 142 g/mol. The van der Waals surface area contributed by atoms with Gasteiger partial charge in [-0.05, 0) is 20.3 Å². The Labute approximate surface area is 63.8 Å². The van der Waals surface area contributed by atoms with Gasteiger partial charge in [0, 0.05) is 0 Å². The lowest BCUT2D eigenvalue weighted by molar-refractivity contribution is 0.293. The van der Waals surface area contributed by atoms with Crippen LogP contribution in [0.1, 0.15) is 46.5 Å². The van der Waals surface area contributed by atoms with Gasteiger partial charge in [-0.15, -0.1) is 0 Å². The lowest BCUT2D eigenvalue weighted by Crippen LogP contribution is -2.06. The first kappa shape index (κ1) is 8.06. The number of hydrogen-bond donors (Lipinski definition) is 0. The summed E-state index contributed by atoms with van der Waals surface area (Å²) in [5.41, 5.74) is 0.259. The Hall–Kier alpha value is -0.0400. The number of rotatable bonds is 4. The van der Waals surface area contributed by atoms with Crippen LogP contribution < -0.4 is 0 Å². The molecular formula is C9H18O. The van der Waals surface area contributed by atoms with Gasteiger partial charge in [-0.25, -0.2) is 0 Å². The van der Waals surface area contributed by atoms with Crippen molar-refractivity contribution in [1.29, 1.82) is 0 Å². The van der Waals surface area contributed by atoms with E-state index in [0.717, 1.165) is 0 Å². The van der Waals surface area contributed by atoms with E-state index in [0.29, 0.717) is 6.10 Å². The largest absolute Gasteiger partial charge is 0.367 e. The molecule has 0 radical (unpaired) electrons. The summed E-state index contributed by atoms with van der Waals surface area (Å²) in [5, 5.41) is 0. The molecule has 0 amide bonds. The lowest BCUT2D eigenvalue weighted by Gasteiger charge is -2.02. The van der Waals surface area contributed by atoms with Crippen LogP contribution in [0.3, 0.4) is 0 Å². The highest BCUT2D eigenvalue weighted by atomic mass is 16.6. The molecule has 0 aromatic heterocycles. The van der Waals surface area contributed by atoms with E-state index in [4.69, 9.17) is 4.74 Å². The fourth-order valence-electron chi connectivity index (χ4n) is 1.36. The molecule has 1 rings (SSSR count). The molecule has 1 nitrogen and oxygen atoms in total. The maximum atomic E-state index is 5.45. The number of unbranched alkanes of at least 4 members (excludes halogenated alkanes) is 2. The van der Waals surface area contributed by atoms with Crippen molar-refractivity contribution in [2.24, 2.45) is 0 Å². The summed E-state index contributed by atoms with van der Waals surface area (Å²) in [6, 6.07) is 0. The molecule has 60 valence electrons. The fourth-order valence-corrected chi connectivity index (χ4v) is 1.36. The molecule has 10 heavy (non-hydrogen) atoms. The van der Waals surface area contributed by atoms with Gasteiger partial charge in [0.25, 0.3) is 0 Å². The number of epoxide rings is 1. The van der Waals surface area contributed by atoms with Crippen molar-refractivity contribution in [2.75, 3.05) is 0 Å². The molecule has 0 spiro atoms. The van der Waals surface area contributed by atoms with Crippen molar-refractivity contribution >= 4 is 0 Å². The Morgan fingerprint density at radius 1 is 1.40 bits per heavy atom. The van der Waals surface area contributed by atoms with Crippen molar-refractivity contribution in [3.8, 4) is 0 Å². The van der Waals surface area contributed by atoms with Crippen LogP contribution in [-0.2, 0) is 4.74 Å². The van der Waals surface area contributed by atoms with E-state index >= 15 is 0 Å². The fraction of sp³-hybridized carbons (Fsp3) is 1.00. The molecule has 0 bridgehead atoms. The van der Waals surface area contributed by atoms with Gasteiger partial charge >= 0.3 is 0 Å². The summed E-state index contributed by atoms with van der Waals surface area (Å²) in [7, 11) is 0. The Kier molecular flexibility index (Phi) is 2.35. The van der Waals surface area contributed by atoms with E-state index in [1.54, 1.807) is 0 Å². The second-order valence-corrected chi connectivity index (χ2v) is 3.53. The molecule has 1 unspecified atom stereocenters. The lowest BCUT2D eigenvalue weighted by atomic mass is 10.0. The minimum Gasteiger partial charge on any atom is -0.367 e. The van der Waals surface area contributed by atoms with E-state index in [-0.39, 0.29) is 5.60 Å². The second-order valence-electron chi connectivity index (χ2n) is 3.53. The first-order valence-corrected chi connectivity index (χ1v) is 4.37. The van der Waals surface area contributed by atoms with Gasteiger partial charge in [-0.2, -0.15) is 0 Å². The standard InChI is InChI=1S/C9H18O/c1-4-5-6-7-9(3)8(2)10-9/h8H,4-7H2,1-3H3/t8-,9?/m1/s1. The summed E-state index contributed by atoms with van der Waals surface area (Å²) in [6.07, 6.45) is 5.76. The van der Waals surface area contributed by atoms with Crippen LogP contribution in [0.4, 0.5) is 0 Å². The molecule has 1 heterocycles. The molecule has 1 heteroatoms. The Bertz CT molecular complexity index is 111. The Balaban J connectivity index is 2.03. The second kappa shape index (κ2) is 2.91. The van der Waals surface area contributed by atoms with Crippen molar-refractivity contribution in [1.82, 2.24) is 0 Å². The van der Waals surface area contributed by atoms with E-state index in [9.17, 15) is 0 Å². The van der Waals surface area contributed by atoms with Crippen LogP contribution >= 0.6 is 0 Å². The Morgan fingerprint density at radius 3 is 2.40 bits per heavy atom. The van der Waals surface area contributed by atoms with Crippen LogP contribution in [0.15, 0.2) is 0 Å². The highest BCUT2D eigenvalue weighted by Gasteiger charge is 2.47. The summed E-state index contributed by atoms with van der Waals surface area (Å²) in [4.78, 5) is 0. The molecule has 0 aromatic rings. The maximum Gasteiger partial charge on any atom is 0.0917 e. The highest BCUT2D eigenvalue weighted by Crippen LogP contribution is 2.39. The third-order valence-corrected chi connectivity index (χ3v) is 2.53. The van der Waals surface area contributed by atoms with Gasteiger partial charge in [-0.1, -0.05) is 26.2 Å². The first-order chi connectivity index (χ1) is 4.69. The van der Waals surface area contributed by atoms with E-state index < -0.39 is 0 Å². The first-order valence-electron chi connectivity index (χ1n) is 4.37. The summed E-state index contributed by atoms with van der Waals surface area (Å²) in [5.74, 6) is 0. The molecule has 0 N–H and O–H groups in total. The normalized spacial score (nSPS) is 38.1. The average molecular weight is 142 g/mol. The third-order valence-electron chi connectivity index (χ3n) is 2.53. The van der Waals surface area contributed by atoms with Crippen molar-refractivity contribution < 1.29 is 4.74 Å². The Morgan fingerprint density at radius 2 is 2.00 bits per heavy atom. The predicted octanol–water partition coefficient (Wildman–Crippen LogP) is 2.74. The van der Waals surface area contributed by atoms with Crippen molar-refractivity contribution in [3.63, 3.8) is 0 Å². The molecule has 0 aromatic carbocycles. The smallest absolute Gasteiger partial charge is 0.0917 e. The van der Waals surface area contributed by atoms with Crippen LogP contribution in [0.25, 0.3) is 0 Å². The van der Waals surface area contributed by atoms with Gasteiger partial charge in [-0.3, -0.25) is 0 Å². The van der Waals surface area contributed by atoms with E-state index in [1.165, 1.54) is 25.7 Å². The molecule has 1 saturated heterocycles. The van der Waals surface area contributed by atoms with Crippen LogP contribution in [0, 0.1) is 0 Å². The molecule has 1 aliphatic rings. The molecule has 2 atom stereocenters. The SMILES string of the molecule is CCCCCC1(C)O[C@@H]1C. The topological polar surface area (TPSA) is 12.5 Å². The molecule has 0 saturated carbocycles. The summed E-state index contributed by atoms with van der Waals surface area (Å²) >= 11 is 0. The van der Waals surface area contributed by atoms with Crippen molar-refractivity contribution in [2.45, 2.75) is 58.2 Å². The zero-order valence-corrected chi connectivity index (χ0v) is 7.31. The third kappa shape index (κ3) is 1.72. The minimum atomic E-state index is 0.259. The van der Waals surface area contributed by atoms with Gasteiger partial charge in [0.2, 0.25) is 0 Å². The zero-order chi connectivity index (χ0) is 7.61. The van der Waals surface area contributed by atoms with E-state index in [1.807, 2.05) is 0 Å². The quantitative estimate of drug-likeness (QED) is 0.434. The predicted molar refractivity (Wildman–Crippen MR) is 43.1 cm³/mol. The van der Waals surface area contributed by atoms with Gasteiger partial charge < -0.3 is 4.74 Å². The maximum absolute atomic E-state index is 5.45. The average Bonchev–Trinajstić information content (AvgIpc) is 2.42. The molecular weight excluding hydrogens is 124 g/mol. The van der Waals surface area contributed by atoms with Gasteiger partial charge in [0.15, 0.2) is 0 Å². The number of hydrogen-bond acceptors (Lipinski definition) is 1. The molecule has 1 aliphatic heterocycles. The highest BCUT2D eigenvalue weighted by molar-refractivity contribution is 4.95. The summed E-state index contributed by atoms with van der Waals surface area (Å²) < 4.78 is 5.45. The summed E-state index contributed by atoms with van der Waals surface area (Å²) in [6.45, 7) is 6.61. The number of ether oxygens (including phenoxy) is 1.